The second-order valence-electron chi connectivity index (χ2n) is 7.65. The summed E-state index contributed by atoms with van der Waals surface area (Å²) >= 11 is 1.77. The predicted octanol–water partition coefficient (Wildman–Crippen LogP) is 4.22. The number of piperidine rings is 1. The van der Waals surface area contributed by atoms with E-state index >= 15 is 0 Å². The van der Waals surface area contributed by atoms with E-state index in [2.05, 4.69) is 26.7 Å². The molecular weight excluding hydrogens is 522 g/mol. The van der Waals surface area contributed by atoms with E-state index < -0.39 is 24.3 Å². The van der Waals surface area contributed by atoms with E-state index in [-0.39, 0.29) is 6.10 Å². The first-order valence-electron chi connectivity index (χ1n) is 10.3. The van der Waals surface area contributed by atoms with Crippen molar-refractivity contribution in [1.82, 2.24) is 9.88 Å². The van der Waals surface area contributed by atoms with Crippen LogP contribution in [0.25, 0.3) is 0 Å². The fraction of sp³-hybridized carbons (Fsp3) is 0.476. The third kappa shape index (κ3) is 9.62. The number of aliphatic carboxylic acids is 2. The molecule has 0 radical (unpaired) electrons. The van der Waals surface area contributed by atoms with Crippen LogP contribution in [-0.2, 0) is 20.9 Å². The van der Waals surface area contributed by atoms with Crippen molar-refractivity contribution in [3.05, 3.63) is 46.9 Å². The molecule has 4 rings (SSSR count). The second kappa shape index (κ2) is 12.9. The van der Waals surface area contributed by atoms with Crippen LogP contribution in [-0.4, -0.2) is 75.8 Å². The van der Waals surface area contributed by atoms with Gasteiger partial charge in [-0.25, -0.2) is 9.59 Å². The normalized spacial score (nSPS) is 21.8. The van der Waals surface area contributed by atoms with Gasteiger partial charge in [0.2, 0.25) is 0 Å². The molecule has 2 unspecified atom stereocenters. The van der Waals surface area contributed by atoms with Crippen LogP contribution in [0.5, 0.6) is 5.75 Å². The lowest BCUT2D eigenvalue weighted by molar-refractivity contribution is -0.193. The monoisotopic (exact) mass is 544 g/mol. The van der Waals surface area contributed by atoms with Gasteiger partial charge in [0.25, 0.3) is 0 Å². The van der Waals surface area contributed by atoms with Crippen molar-refractivity contribution in [2.24, 2.45) is 0 Å². The van der Waals surface area contributed by atoms with Crippen molar-refractivity contribution in [2.45, 2.75) is 49.9 Å². The maximum absolute atomic E-state index is 10.6. The lowest BCUT2D eigenvalue weighted by Gasteiger charge is -2.48. The Bertz CT molecular complexity index is 920. The standard InChI is InChI=1S/C17H20N2O2S.2C2HF3O2/c1-2-16(8-18-4-1)21-17-6-14-10-20-11-15(7-17)19(14)9-13-3-5-22-12-13;2*3-2(4,5)1(6)7/h1-5,8,12,14-15,17H,6-7,9-11H2;2*(H,6,7). The number of aromatic nitrogens is 1. The minimum atomic E-state index is -5.08. The Morgan fingerprint density at radius 3 is 2.03 bits per heavy atom. The number of nitrogens with zero attached hydrogens (tertiary/aromatic N) is 2. The number of rotatable bonds is 4. The Morgan fingerprint density at radius 2 is 1.61 bits per heavy atom. The molecule has 2 aliphatic heterocycles. The molecular formula is C21H22F6N2O6S. The van der Waals surface area contributed by atoms with Crippen LogP contribution in [0.2, 0.25) is 0 Å². The third-order valence-corrected chi connectivity index (χ3v) is 5.73. The number of hydrogen-bond donors (Lipinski definition) is 2. The van der Waals surface area contributed by atoms with Crippen LogP contribution in [0.3, 0.4) is 0 Å². The minimum Gasteiger partial charge on any atom is -0.489 e. The fourth-order valence-corrected chi connectivity index (χ4v) is 4.16. The summed E-state index contributed by atoms with van der Waals surface area (Å²) in [4.78, 5) is 24.5. The zero-order valence-electron chi connectivity index (χ0n) is 18.4. The SMILES string of the molecule is O=C(O)C(F)(F)F.O=C(O)C(F)(F)F.c1cncc(OC2CC3COCC(C2)N3Cc2ccsc2)c1. The van der Waals surface area contributed by atoms with Gasteiger partial charge in [-0.2, -0.15) is 37.7 Å². The molecule has 2 aliphatic rings. The number of carboxylic acids is 2. The number of carbonyl (C=O) groups is 2. The Balaban J connectivity index is 0.000000271. The summed E-state index contributed by atoms with van der Waals surface area (Å²) in [5, 5.41) is 18.6. The van der Waals surface area contributed by atoms with Crippen LogP contribution in [0.1, 0.15) is 18.4 Å². The highest BCUT2D eigenvalue weighted by molar-refractivity contribution is 7.07. The maximum Gasteiger partial charge on any atom is 0.490 e. The highest BCUT2D eigenvalue weighted by Gasteiger charge is 2.40. The molecule has 2 aromatic rings. The predicted molar refractivity (Wildman–Crippen MR) is 114 cm³/mol. The summed E-state index contributed by atoms with van der Waals surface area (Å²) in [7, 11) is 0. The zero-order chi connectivity index (χ0) is 26.9. The molecule has 0 saturated carbocycles. The van der Waals surface area contributed by atoms with E-state index in [0.29, 0.717) is 12.1 Å². The number of fused-ring (bicyclic) bond motifs is 2. The molecule has 36 heavy (non-hydrogen) atoms. The third-order valence-electron chi connectivity index (χ3n) is 5.00. The number of hydrogen-bond acceptors (Lipinski definition) is 7. The Labute approximate surface area is 205 Å². The van der Waals surface area contributed by atoms with Crippen LogP contribution in [0, 0.1) is 0 Å². The fourth-order valence-electron chi connectivity index (χ4n) is 3.50. The molecule has 2 bridgehead atoms. The molecule has 2 N–H and O–H groups in total. The molecule has 2 aromatic heterocycles. The molecule has 2 fully saturated rings. The van der Waals surface area contributed by atoms with E-state index in [1.54, 1.807) is 23.7 Å². The van der Waals surface area contributed by atoms with E-state index in [1.165, 1.54) is 5.56 Å². The summed E-state index contributed by atoms with van der Waals surface area (Å²) in [6.07, 6.45) is -4.28. The molecule has 0 amide bonds. The lowest BCUT2D eigenvalue weighted by atomic mass is 9.91. The van der Waals surface area contributed by atoms with Crippen LogP contribution < -0.4 is 4.74 Å². The van der Waals surface area contributed by atoms with Crippen molar-refractivity contribution < 1.29 is 55.6 Å². The molecule has 0 aromatic carbocycles. The van der Waals surface area contributed by atoms with Gasteiger partial charge < -0.3 is 19.7 Å². The molecule has 2 saturated heterocycles. The Morgan fingerprint density at radius 1 is 1.06 bits per heavy atom. The first-order chi connectivity index (χ1) is 16.8. The molecule has 200 valence electrons. The van der Waals surface area contributed by atoms with Crippen LogP contribution >= 0.6 is 11.3 Å². The molecule has 0 aliphatic carbocycles. The minimum absolute atomic E-state index is 0.266. The van der Waals surface area contributed by atoms with E-state index in [4.69, 9.17) is 29.3 Å². The number of alkyl halides is 6. The summed E-state index contributed by atoms with van der Waals surface area (Å²) in [5.41, 5.74) is 1.41. The average Bonchev–Trinajstić information content (AvgIpc) is 3.28. The molecule has 2 atom stereocenters. The van der Waals surface area contributed by atoms with E-state index in [0.717, 1.165) is 38.3 Å². The van der Waals surface area contributed by atoms with Crippen LogP contribution in [0.4, 0.5) is 26.3 Å². The van der Waals surface area contributed by atoms with Crippen molar-refractivity contribution in [3.63, 3.8) is 0 Å². The number of halogens is 6. The highest BCUT2D eigenvalue weighted by Crippen LogP contribution is 2.31. The van der Waals surface area contributed by atoms with Gasteiger partial charge in [-0.05, 0) is 34.5 Å². The van der Waals surface area contributed by atoms with Gasteiger partial charge in [-0.15, -0.1) is 0 Å². The number of carboxylic acid groups (broad SMARTS) is 2. The number of ether oxygens (including phenoxy) is 2. The molecule has 8 nitrogen and oxygen atoms in total. The van der Waals surface area contributed by atoms with Crippen molar-refractivity contribution in [3.8, 4) is 5.75 Å². The quantitative estimate of drug-likeness (QED) is 0.551. The topological polar surface area (TPSA) is 109 Å². The summed E-state index contributed by atoms with van der Waals surface area (Å²) in [6, 6.07) is 7.03. The first-order valence-corrected chi connectivity index (χ1v) is 11.2. The van der Waals surface area contributed by atoms with Crippen molar-refractivity contribution in [1.29, 1.82) is 0 Å². The van der Waals surface area contributed by atoms with Gasteiger partial charge in [0.15, 0.2) is 0 Å². The highest BCUT2D eigenvalue weighted by atomic mass is 32.1. The molecule has 0 spiro atoms. The smallest absolute Gasteiger partial charge is 0.489 e. The number of thiophene rings is 1. The largest absolute Gasteiger partial charge is 0.490 e. The summed E-state index contributed by atoms with van der Waals surface area (Å²) in [5.74, 6) is -4.64. The van der Waals surface area contributed by atoms with Crippen LogP contribution in [0.15, 0.2) is 41.4 Å². The van der Waals surface area contributed by atoms with Gasteiger partial charge >= 0.3 is 24.3 Å². The summed E-state index contributed by atoms with van der Waals surface area (Å²) in [6.45, 7) is 2.66. The second-order valence-corrected chi connectivity index (χ2v) is 8.43. The summed E-state index contributed by atoms with van der Waals surface area (Å²) < 4.78 is 75.4. The number of pyridine rings is 1. The Hall–Kier alpha value is -2.91. The van der Waals surface area contributed by atoms with Gasteiger partial charge in [0, 0.05) is 37.7 Å². The molecule has 4 heterocycles. The van der Waals surface area contributed by atoms with Gasteiger partial charge in [-0.1, -0.05) is 0 Å². The van der Waals surface area contributed by atoms with Gasteiger partial charge in [-0.3, -0.25) is 9.88 Å². The van der Waals surface area contributed by atoms with Crippen molar-refractivity contribution in [2.75, 3.05) is 13.2 Å². The molecule has 15 heteroatoms. The lowest BCUT2D eigenvalue weighted by Crippen LogP contribution is -2.58. The van der Waals surface area contributed by atoms with Gasteiger partial charge in [0.1, 0.15) is 11.9 Å². The van der Waals surface area contributed by atoms with Crippen molar-refractivity contribution >= 4 is 23.3 Å². The maximum atomic E-state index is 10.6. The van der Waals surface area contributed by atoms with E-state index in [1.807, 2.05) is 12.1 Å². The Kier molecular flexibility index (Phi) is 10.5. The first kappa shape index (κ1) is 29.3. The average molecular weight is 544 g/mol. The number of morpholine rings is 1. The zero-order valence-corrected chi connectivity index (χ0v) is 19.2. The van der Waals surface area contributed by atoms with Gasteiger partial charge in [0.05, 0.1) is 19.4 Å². The van der Waals surface area contributed by atoms with E-state index in [9.17, 15) is 26.3 Å².